The van der Waals surface area contributed by atoms with E-state index in [2.05, 4.69) is 10.3 Å². The zero-order chi connectivity index (χ0) is 17.4. The third-order valence-electron chi connectivity index (χ3n) is 3.86. The number of carbonyl (C=O) groups is 1. The maximum absolute atomic E-state index is 13.2. The lowest BCUT2D eigenvalue weighted by Crippen LogP contribution is -2.26. The van der Waals surface area contributed by atoms with E-state index in [1.165, 1.54) is 22.8 Å². The van der Waals surface area contributed by atoms with Crippen molar-refractivity contribution < 1.29 is 18.7 Å². The van der Waals surface area contributed by atoms with Crippen molar-refractivity contribution in [3.63, 3.8) is 0 Å². The van der Waals surface area contributed by atoms with Crippen molar-refractivity contribution in [3.8, 4) is 11.5 Å². The fourth-order valence-corrected chi connectivity index (χ4v) is 2.76. The van der Waals surface area contributed by atoms with Gasteiger partial charge in [-0.25, -0.2) is 9.18 Å². The first-order chi connectivity index (χ1) is 12.1. The molecule has 1 aliphatic rings. The van der Waals surface area contributed by atoms with Gasteiger partial charge in [0.25, 0.3) is 0 Å². The number of imidazole rings is 1. The Morgan fingerprint density at radius 3 is 2.80 bits per heavy atom. The summed E-state index contributed by atoms with van der Waals surface area (Å²) in [5.41, 5.74) is 0.868. The highest BCUT2D eigenvalue weighted by Gasteiger charge is 2.14. The van der Waals surface area contributed by atoms with Gasteiger partial charge < -0.3 is 19.8 Å². The molecule has 0 bridgehead atoms. The van der Waals surface area contributed by atoms with Crippen LogP contribution in [0.25, 0.3) is 11.0 Å². The average molecular weight is 343 g/mol. The van der Waals surface area contributed by atoms with Crippen LogP contribution >= 0.6 is 0 Å². The summed E-state index contributed by atoms with van der Waals surface area (Å²) in [6.07, 6.45) is 0. The predicted molar refractivity (Wildman–Crippen MR) is 88.6 cm³/mol. The molecular weight excluding hydrogens is 329 g/mol. The highest BCUT2D eigenvalue weighted by Crippen LogP contribution is 2.32. The molecule has 2 N–H and O–H groups in total. The first-order valence-corrected chi connectivity index (χ1v) is 7.68. The van der Waals surface area contributed by atoms with Gasteiger partial charge in [0.05, 0.1) is 11.0 Å². The Labute approximate surface area is 141 Å². The van der Waals surface area contributed by atoms with E-state index in [4.69, 9.17) is 9.47 Å². The Morgan fingerprint density at radius 1 is 1.16 bits per heavy atom. The maximum Gasteiger partial charge on any atom is 0.326 e. The second-order valence-electron chi connectivity index (χ2n) is 5.58. The number of fused-ring (bicyclic) bond motifs is 2. The molecule has 0 saturated carbocycles. The Hall–Kier alpha value is -3.29. The number of aromatic nitrogens is 2. The largest absolute Gasteiger partial charge is 0.486 e. The average Bonchev–Trinajstić information content (AvgIpc) is 2.89. The first kappa shape index (κ1) is 15.3. The molecule has 1 amide bonds. The summed E-state index contributed by atoms with van der Waals surface area (Å²) in [5.74, 6) is 0.341. The van der Waals surface area contributed by atoms with E-state index < -0.39 is 11.5 Å². The summed E-state index contributed by atoms with van der Waals surface area (Å²) in [6, 6.07) is 8.99. The molecule has 2 aromatic carbocycles. The molecule has 3 aromatic rings. The number of hydrogen-bond donors (Lipinski definition) is 2. The SMILES string of the molecule is O=C(Cn1c(=O)[nH]c2cc(F)ccc21)Nc1ccc2c(c1)OCCO2. The van der Waals surface area contributed by atoms with Crippen LogP contribution in [-0.4, -0.2) is 28.7 Å². The Morgan fingerprint density at radius 2 is 1.96 bits per heavy atom. The second kappa shape index (κ2) is 5.97. The van der Waals surface area contributed by atoms with Gasteiger partial charge >= 0.3 is 5.69 Å². The quantitative estimate of drug-likeness (QED) is 0.760. The standard InChI is InChI=1S/C17H14FN3O4/c18-10-1-3-13-12(7-10)20-17(23)21(13)9-16(22)19-11-2-4-14-15(8-11)25-6-5-24-14/h1-4,7-8H,5-6,9H2,(H,19,22)(H,20,23). The van der Waals surface area contributed by atoms with Crippen LogP contribution in [0.1, 0.15) is 0 Å². The zero-order valence-electron chi connectivity index (χ0n) is 13.0. The number of carbonyl (C=O) groups excluding carboxylic acids is 1. The van der Waals surface area contributed by atoms with Crippen molar-refractivity contribution >= 4 is 22.6 Å². The van der Waals surface area contributed by atoms with E-state index in [-0.39, 0.29) is 12.5 Å². The highest BCUT2D eigenvalue weighted by molar-refractivity contribution is 5.92. The van der Waals surface area contributed by atoms with Crippen molar-refractivity contribution in [2.75, 3.05) is 18.5 Å². The minimum Gasteiger partial charge on any atom is -0.486 e. The summed E-state index contributed by atoms with van der Waals surface area (Å²) in [5, 5.41) is 2.71. The van der Waals surface area contributed by atoms with E-state index in [1.54, 1.807) is 18.2 Å². The zero-order valence-corrected chi connectivity index (χ0v) is 13.0. The molecule has 0 fully saturated rings. The van der Waals surface area contributed by atoms with Crippen LogP contribution < -0.4 is 20.5 Å². The number of benzene rings is 2. The molecule has 2 heterocycles. The molecule has 8 heteroatoms. The van der Waals surface area contributed by atoms with Gasteiger partial charge in [-0.05, 0) is 30.3 Å². The molecule has 0 aliphatic carbocycles. The van der Waals surface area contributed by atoms with Crippen LogP contribution in [0.3, 0.4) is 0 Å². The molecule has 0 spiro atoms. The summed E-state index contributed by atoms with van der Waals surface area (Å²) < 4.78 is 25.4. The minimum absolute atomic E-state index is 0.196. The van der Waals surface area contributed by atoms with Gasteiger partial charge in [0.1, 0.15) is 25.6 Å². The Balaban J connectivity index is 1.55. The lowest BCUT2D eigenvalue weighted by atomic mass is 10.2. The van der Waals surface area contributed by atoms with Crippen LogP contribution in [0.15, 0.2) is 41.2 Å². The van der Waals surface area contributed by atoms with Gasteiger partial charge in [-0.1, -0.05) is 0 Å². The number of nitrogens with one attached hydrogen (secondary N) is 2. The summed E-state index contributed by atoms with van der Waals surface area (Å²) in [4.78, 5) is 26.8. The lowest BCUT2D eigenvalue weighted by Gasteiger charge is -2.19. The maximum atomic E-state index is 13.2. The van der Waals surface area contributed by atoms with Crippen LogP contribution in [0.4, 0.5) is 10.1 Å². The summed E-state index contributed by atoms with van der Waals surface area (Å²) in [6.45, 7) is 0.743. The Kier molecular flexibility index (Phi) is 3.64. The molecule has 128 valence electrons. The number of H-pyrrole nitrogens is 1. The third kappa shape index (κ3) is 2.93. The van der Waals surface area contributed by atoms with Gasteiger partial charge in [0.2, 0.25) is 5.91 Å². The number of nitrogens with zero attached hydrogens (tertiary/aromatic N) is 1. The fraction of sp³-hybridized carbons (Fsp3) is 0.176. The summed E-state index contributed by atoms with van der Waals surface area (Å²) in [7, 11) is 0. The highest BCUT2D eigenvalue weighted by atomic mass is 19.1. The first-order valence-electron chi connectivity index (χ1n) is 7.68. The van der Waals surface area contributed by atoms with Crippen molar-refractivity contribution in [1.29, 1.82) is 0 Å². The molecule has 4 rings (SSSR count). The van der Waals surface area contributed by atoms with Crippen LogP contribution in [-0.2, 0) is 11.3 Å². The lowest BCUT2D eigenvalue weighted by molar-refractivity contribution is -0.116. The van der Waals surface area contributed by atoms with E-state index >= 15 is 0 Å². The predicted octanol–water partition coefficient (Wildman–Crippen LogP) is 1.88. The van der Waals surface area contributed by atoms with Crippen molar-refractivity contribution in [1.82, 2.24) is 9.55 Å². The second-order valence-corrected chi connectivity index (χ2v) is 5.58. The molecule has 0 atom stereocenters. The van der Waals surface area contributed by atoms with Crippen LogP contribution in [0.5, 0.6) is 11.5 Å². The van der Waals surface area contributed by atoms with Crippen LogP contribution in [0.2, 0.25) is 0 Å². The topological polar surface area (TPSA) is 85.4 Å². The minimum atomic E-state index is -0.474. The number of ether oxygens (including phenoxy) is 2. The van der Waals surface area contributed by atoms with Gasteiger partial charge in [0.15, 0.2) is 11.5 Å². The van der Waals surface area contributed by atoms with Crippen LogP contribution in [0, 0.1) is 5.82 Å². The number of rotatable bonds is 3. The smallest absolute Gasteiger partial charge is 0.326 e. The summed E-state index contributed by atoms with van der Waals surface area (Å²) >= 11 is 0. The number of amides is 1. The fourth-order valence-electron chi connectivity index (χ4n) is 2.76. The van der Waals surface area contributed by atoms with E-state index in [9.17, 15) is 14.0 Å². The van der Waals surface area contributed by atoms with Crippen molar-refractivity contribution in [2.45, 2.75) is 6.54 Å². The van der Waals surface area contributed by atoms with Gasteiger partial charge in [0, 0.05) is 11.8 Å². The molecule has 25 heavy (non-hydrogen) atoms. The van der Waals surface area contributed by atoms with E-state index in [0.717, 1.165) is 0 Å². The normalized spacial score (nSPS) is 13.0. The monoisotopic (exact) mass is 343 g/mol. The number of halogens is 1. The third-order valence-corrected chi connectivity index (χ3v) is 3.86. The number of aromatic amines is 1. The Bertz CT molecular complexity index is 1020. The molecule has 7 nitrogen and oxygen atoms in total. The molecule has 0 unspecified atom stereocenters. The van der Waals surface area contributed by atoms with Crippen molar-refractivity contribution in [2.24, 2.45) is 0 Å². The number of anilines is 1. The molecule has 0 saturated heterocycles. The van der Waals surface area contributed by atoms with Gasteiger partial charge in [-0.2, -0.15) is 0 Å². The molecular formula is C17H14FN3O4. The van der Waals surface area contributed by atoms with Crippen molar-refractivity contribution in [3.05, 3.63) is 52.7 Å². The van der Waals surface area contributed by atoms with Gasteiger partial charge in [-0.15, -0.1) is 0 Å². The number of hydrogen-bond acceptors (Lipinski definition) is 4. The van der Waals surface area contributed by atoms with Gasteiger partial charge in [-0.3, -0.25) is 9.36 Å². The molecule has 1 aromatic heterocycles. The molecule has 1 aliphatic heterocycles. The van der Waals surface area contributed by atoms with E-state index in [1.807, 2.05) is 0 Å². The van der Waals surface area contributed by atoms with E-state index in [0.29, 0.717) is 41.4 Å². The molecule has 0 radical (unpaired) electrons.